The number of aromatic nitrogens is 4. The normalized spacial score (nSPS) is 11.3. The van der Waals surface area contributed by atoms with Crippen molar-refractivity contribution in [2.45, 2.75) is 6.54 Å². The molecule has 92 valence electrons. The molecule has 0 atom stereocenters. The molecule has 0 saturated heterocycles. The van der Waals surface area contributed by atoms with Crippen LogP contribution in [0.25, 0.3) is 11.5 Å². The van der Waals surface area contributed by atoms with Gasteiger partial charge in [0.2, 0.25) is 0 Å². The first-order valence-corrected chi connectivity index (χ1v) is 7.43. The van der Waals surface area contributed by atoms with E-state index in [1.54, 1.807) is 6.33 Å². The van der Waals surface area contributed by atoms with Gasteiger partial charge < -0.3 is 10.1 Å². The number of fused-ring (bicyclic) bond motifs is 1. The molecular formula is C11H9I2N5. The van der Waals surface area contributed by atoms with Gasteiger partial charge in [0.1, 0.15) is 19.4 Å². The van der Waals surface area contributed by atoms with E-state index >= 15 is 0 Å². The fourth-order valence-corrected chi connectivity index (χ4v) is 2.75. The van der Waals surface area contributed by atoms with E-state index in [4.69, 9.17) is 5.73 Å². The van der Waals surface area contributed by atoms with Crippen LogP contribution in [0.5, 0.6) is 0 Å². The molecule has 0 fully saturated rings. The number of imidazole rings is 2. The molecule has 5 nitrogen and oxygen atoms in total. The van der Waals surface area contributed by atoms with E-state index in [-0.39, 0.29) is 0 Å². The Morgan fingerprint density at radius 3 is 2.78 bits per heavy atom. The second-order valence-corrected chi connectivity index (χ2v) is 5.75. The summed E-state index contributed by atoms with van der Waals surface area (Å²) in [4.78, 5) is 8.92. The van der Waals surface area contributed by atoms with Crippen molar-refractivity contribution >= 4 is 50.8 Å². The van der Waals surface area contributed by atoms with Crippen molar-refractivity contribution in [1.29, 1.82) is 0 Å². The van der Waals surface area contributed by atoms with Crippen molar-refractivity contribution in [2.24, 2.45) is 5.73 Å². The maximum atomic E-state index is 5.86. The molecule has 0 bridgehead atoms. The van der Waals surface area contributed by atoms with Gasteiger partial charge in [-0.15, -0.1) is 0 Å². The Hall–Kier alpha value is -0.680. The van der Waals surface area contributed by atoms with Gasteiger partial charge in [0, 0.05) is 12.7 Å². The fourth-order valence-electron chi connectivity index (χ4n) is 1.88. The van der Waals surface area contributed by atoms with Gasteiger partial charge in [-0.25, -0.2) is 9.97 Å². The Morgan fingerprint density at radius 1 is 1.28 bits per heavy atom. The first-order chi connectivity index (χ1) is 8.72. The predicted molar refractivity (Wildman–Crippen MR) is 85.6 cm³/mol. The molecule has 0 aromatic carbocycles. The second kappa shape index (κ2) is 4.78. The van der Waals surface area contributed by atoms with Gasteiger partial charge in [-0.1, -0.05) is 6.07 Å². The van der Waals surface area contributed by atoms with E-state index in [9.17, 15) is 0 Å². The number of rotatable bonds is 2. The van der Waals surface area contributed by atoms with Gasteiger partial charge in [-0.05, 0) is 57.3 Å². The molecule has 0 spiro atoms. The number of pyridine rings is 1. The Labute approximate surface area is 131 Å². The standard InChI is InChI=1S/C11H9I2N5/c12-9-10(13)18(6-15-9)11-7(5-14)17-4-2-1-3-8(17)16-11/h1-4,6H,5,14H2. The predicted octanol–water partition coefficient (Wildman–Crippen LogP) is 2.19. The smallest absolute Gasteiger partial charge is 0.162 e. The van der Waals surface area contributed by atoms with E-state index in [1.807, 2.05) is 33.4 Å². The van der Waals surface area contributed by atoms with Gasteiger partial charge in [0.15, 0.2) is 5.82 Å². The quantitative estimate of drug-likeness (QED) is 0.591. The molecule has 0 saturated carbocycles. The lowest BCUT2D eigenvalue weighted by atomic mass is 10.4. The van der Waals surface area contributed by atoms with Crippen LogP contribution < -0.4 is 5.73 Å². The van der Waals surface area contributed by atoms with Crippen LogP contribution in [-0.2, 0) is 6.54 Å². The van der Waals surface area contributed by atoms with Crippen LogP contribution in [0.15, 0.2) is 30.7 Å². The van der Waals surface area contributed by atoms with Crippen LogP contribution in [0.1, 0.15) is 5.69 Å². The average Bonchev–Trinajstić information content (AvgIpc) is 2.91. The molecule has 3 heterocycles. The molecule has 18 heavy (non-hydrogen) atoms. The largest absolute Gasteiger partial charge is 0.325 e. The third kappa shape index (κ3) is 1.84. The summed E-state index contributed by atoms with van der Waals surface area (Å²) < 4.78 is 6.00. The summed E-state index contributed by atoms with van der Waals surface area (Å²) in [5, 5.41) is 0. The summed E-state index contributed by atoms with van der Waals surface area (Å²) in [6.45, 7) is 0.436. The number of halogens is 2. The molecule has 2 N–H and O–H groups in total. The van der Waals surface area contributed by atoms with Gasteiger partial charge in [-0.3, -0.25) is 4.57 Å². The zero-order valence-electron chi connectivity index (χ0n) is 9.22. The summed E-state index contributed by atoms with van der Waals surface area (Å²) in [6, 6.07) is 5.91. The van der Waals surface area contributed by atoms with Crippen LogP contribution in [0, 0.1) is 7.40 Å². The van der Waals surface area contributed by atoms with Crippen LogP contribution >= 0.6 is 45.2 Å². The number of hydrogen-bond donors (Lipinski definition) is 1. The third-order valence-electron chi connectivity index (χ3n) is 2.70. The molecular weight excluding hydrogens is 456 g/mol. The fraction of sp³-hybridized carbons (Fsp3) is 0.0909. The third-order valence-corrected chi connectivity index (χ3v) is 5.55. The zero-order valence-corrected chi connectivity index (χ0v) is 13.5. The van der Waals surface area contributed by atoms with Gasteiger partial charge in [0.25, 0.3) is 0 Å². The van der Waals surface area contributed by atoms with Crippen molar-refractivity contribution < 1.29 is 0 Å². The molecule has 7 heteroatoms. The Balaban J connectivity index is 2.32. The molecule has 3 aromatic heterocycles. The lowest BCUT2D eigenvalue weighted by Crippen LogP contribution is -2.06. The lowest BCUT2D eigenvalue weighted by molar-refractivity contribution is 0.902. The second-order valence-electron chi connectivity index (χ2n) is 3.71. The van der Waals surface area contributed by atoms with Crippen LogP contribution in [-0.4, -0.2) is 18.9 Å². The minimum atomic E-state index is 0.436. The van der Waals surface area contributed by atoms with Crippen LogP contribution in [0.4, 0.5) is 0 Å². The Morgan fingerprint density at radius 2 is 2.11 bits per heavy atom. The number of nitrogens with two attached hydrogens (primary N) is 1. The van der Waals surface area contributed by atoms with Crippen LogP contribution in [0.3, 0.4) is 0 Å². The zero-order chi connectivity index (χ0) is 12.7. The summed E-state index contributed by atoms with van der Waals surface area (Å²) in [6.07, 6.45) is 3.76. The maximum absolute atomic E-state index is 5.86. The van der Waals surface area contributed by atoms with Crippen LogP contribution in [0.2, 0.25) is 0 Å². The van der Waals surface area contributed by atoms with Gasteiger partial charge >= 0.3 is 0 Å². The monoisotopic (exact) mass is 465 g/mol. The minimum absolute atomic E-state index is 0.436. The highest BCUT2D eigenvalue weighted by Gasteiger charge is 2.15. The molecule has 3 aromatic rings. The molecule has 3 rings (SSSR count). The van der Waals surface area contributed by atoms with Crippen molar-refractivity contribution in [2.75, 3.05) is 0 Å². The van der Waals surface area contributed by atoms with Crippen molar-refractivity contribution in [1.82, 2.24) is 18.9 Å². The molecule has 0 aliphatic carbocycles. The van der Waals surface area contributed by atoms with Crippen molar-refractivity contribution in [3.8, 4) is 5.82 Å². The van der Waals surface area contributed by atoms with E-state index in [0.717, 1.165) is 24.6 Å². The molecule has 0 aliphatic heterocycles. The van der Waals surface area contributed by atoms with E-state index in [2.05, 4.69) is 55.1 Å². The summed E-state index contributed by atoms with van der Waals surface area (Å²) >= 11 is 4.47. The summed E-state index contributed by atoms with van der Waals surface area (Å²) in [5.74, 6) is 0.850. The lowest BCUT2D eigenvalue weighted by Gasteiger charge is -2.03. The topological polar surface area (TPSA) is 61.1 Å². The highest BCUT2D eigenvalue weighted by atomic mass is 127. The SMILES string of the molecule is NCc1c(-n2cnc(I)c2I)nc2ccccn12. The average molecular weight is 465 g/mol. The van der Waals surface area contributed by atoms with Crippen molar-refractivity contribution in [3.05, 3.63) is 43.8 Å². The van der Waals surface area contributed by atoms with Gasteiger partial charge in [0.05, 0.1) is 5.69 Å². The Bertz CT molecular complexity index is 715. The van der Waals surface area contributed by atoms with E-state index in [0.29, 0.717) is 6.54 Å². The van der Waals surface area contributed by atoms with Crippen molar-refractivity contribution in [3.63, 3.8) is 0 Å². The first kappa shape index (κ1) is 12.4. The number of nitrogens with zero attached hydrogens (tertiary/aromatic N) is 4. The molecule has 0 unspecified atom stereocenters. The molecule has 0 aliphatic rings. The minimum Gasteiger partial charge on any atom is -0.325 e. The summed E-state index contributed by atoms with van der Waals surface area (Å²) in [7, 11) is 0. The first-order valence-electron chi connectivity index (χ1n) is 5.27. The summed E-state index contributed by atoms with van der Waals surface area (Å²) in [5.41, 5.74) is 7.74. The highest BCUT2D eigenvalue weighted by Crippen LogP contribution is 2.21. The Kier molecular flexibility index (Phi) is 3.28. The number of hydrogen-bond acceptors (Lipinski definition) is 3. The molecule has 0 radical (unpaired) electrons. The molecule has 0 amide bonds. The maximum Gasteiger partial charge on any atom is 0.162 e. The van der Waals surface area contributed by atoms with E-state index in [1.165, 1.54) is 0 Å². The highest BCUT2D eigenvalue weighted by molar-refractivity contribution is 14.1. The van der Waals surface area contributed by atoms with E-state index < -0.39 is 0 Å². The van der Waals surface area contributed by atoms with Gasteiger partial charge in [-0.2, -0.15) is 0 Å².